The van der Waals surface area contributed by atoms with E-state index >= 15 is 0 Å². The molecule has 0 heterocycles. The lowest BCUT2D eigenvalue weighted by molar-refractivity contribution is -0.322. The molecule has 1 N–H and O–H groups in total. The molecule has 0 radical (unpaired) electrons. The van der Waals surface area contributed by atoms with Crippen molar-refractivity contribution in [2.75, 3.05) is 18.5 Å². The van der Waals surface area contributed by atoms with E-state index in [1.54, 1.807) is 0 Å². The van der Waals surface area contributed by atoms with Crippen molar-refractivity contribution in [3.8, 4) is 5.75 Å². The number of hydrogen-bond donors (Lipinski definition) is 1. The maximum atomic E-state index is 12.0. The van der Waals surface area contributed by atoms with Crippen LogP contribution >= 0.6 is 0 Å². The Morgan fingerprint density at radius 3 is 2.16 bits per heavy atom. The van der Waals surface area contributed by atoms with Crippen molar-refractivity contribution in [2.45, 2.75) is 12.7 Å². The first-order valence-electron chi connectivity index (χ1n) is 4.97. The van der Waals surface area contributed by atoms with Gasteiger partial charge in [-0.05, 0) is 12.1 Å². The molecule has 0 atom stereocenters. The molecule has 0 unspecified atom stereocenters. The van der Waals surface area contributed by atoms with Crippen molar-refractivity contribution in [2.24, 2.45) is 0 Å². The minimum Gasteiger partial charge on any atom is -0.404 e. The summed E-state index contributed by atoms with van der Waals surface area (Å²) in [4.78, 5) is 0. The second-order valence-corrected chi connectivity index (χ2v) is 3.26. The van der Waals surface area contributed by atoms with Gasteiger partial charge in [-0.25, -0.2) is 0 Å². The summed E-state index contributed by atoms with van der Waals surface area (Å²) in [6, 6.07) is 5.00. The highest BCUT2D eigenvalue weighted by atomic mass is 19.4. The lowest BCUT2D eigenvalue weighted by atomic mass is 10.3. The SMILES string of the molecule is FC(F)(F)OCCNc1ccccc1OC(F)(F)F. The molecule has 0 spiro atoms. The van der Waals surface area contributed by atoms with Crippen LogP contribution in [0, 0.1) is 0 Å². The number of nitrogens with one attached hydrogen (secondary N) is 1. The van der Waals surface area contributed by atoms with Crippen LogP contribution in [0.5, 0.6) is 5.75 Å². The maximum Gasteiger partial charge on any atom is 0.573 e. The molecule has 1 rings (SSSR count). The average molecular weight is 289 g/mol. The third-order valence-electron chi connectivity index (χ3n) is 1.80. The van der Waals surface area contributed by atoms with Crippen molar-refractivity contribution in [3.05, 3.63) is 24.3 Å². The minimum atomic E-state index is -4.87. The molecular formula is C10H9F6NO2. The number of benzene rings is 1. The van der Waals surface area contributed by atoms with Gasteiger partial charge < -0.3 is 10.1 Å². The number of halogens is 6. The summed E-state index contributed by atoms with van der Waals surface area (Å²) < 4.78 is 78.3. The highest BCUT2D eigenvalue weighted by Gasteiger charge is 2.32. The lowest BCUT2D eigenvalue weighted by Crippen LogP contribution is -2.21. The van der Waals surface area contributed by atoms with Crippen LogP contribution in [0.2, 0.25) is 0 Å². The van der Waals surface area contributed by atoms with E-state index in [0.29, 0.717) is 0 Å². The first-order chi connectivity index (χ1) is 8.67. The van der Waals surface area contributed by atoms with E-state index in [4.69, 9.17) is 0 Å². The molecule has 19 heavy (non-hydrogen) atoms. The summed E-state index contributed by atoms with van der Waals surface area (Å²) in [5.41, 5.74) is -0.0781. The van der Waals surface area contributed by atoms with Crippen LogP contribution in [-0.2, 0) is 4.74 Å². The predicted molar refractivity (Wildman–Crippen MR) is 53.6 cm³/mol. The molecule has 3 nitrogen and oxygen atoms in total. The van der Waals surface area contributed by atoms with E-state index in [-0.39, 0.29) is 12.2 Å². The van der Waals surface area contributed by atoms with E-state index < -0.39 is 25.1 Å². The van der Waals surface area contributed by atoms with Gasteiger partial charge >= 0.3 is 12.7 Å². The summed E-state index contributed by atoms with van der Waals surface area (Å²) in [7, 11) is 0. The van der Waals surface area contributed by atoms with Crippen LogP contribution in [-0.4, -0.2) is 25.9 Å². The number of para-hydroxylation sites is 2. The molecule has 0 aliphatic carbocycles. The predicted octanol–water partition coefficient (Wildman–Crippen LogP) is 3.53. The number of rotatable bonds is 5. The molecule has 1 aromatic rings. The van der Waals surface area contributed by atoms with Gasteiger partial charge in [0.2, 0.25) is 0 Å². The topological polar surface area (TPSA) is 30.5 Å². The van der Waals surface area contributed by atoms with E-state index in [1.165, 1.54) is 18.2 Å². The van der Waals surface area contributed by atoms with Gasteiger partial charge in [0.1, 0.15) is 0 Å². The van der Waals surface area contributed by atoms with E-state index in [2.05, 4.69) is 14.8 Å². The molecule has 0 aromatic heterocycles. The molecule has 108 valence electrons. The summed E-state index contributed by atoms with van der Waals surface area (Å²) in [5, 5.41) is 2.36. The zero-order chi connectivity index (χ0) is 14.5. The second kappa shape index (κ2) is 6.00. The smallest absolute Gasteiger partial charge is 0.404 e. The summed E-state index contributed by atoms with van der Waals surface area (Å²) in [6.45, 7) is -1.05. The Balaban J connectivity index is 2.54. The fraction of sp³-hybridized carbons (Fsp3) is 0.400. The molecule has 0 aliphatic rings. The van der Waals surface area contributed by atoms with E-state index in [1.807, 2.05) is 0 Å². The minimum absolute atomic E-state index is 0.0781. The Labute approximate surface area is 104 Å². The van der Waals surface area contributed by atoms with Crippen LogP contribution in [0.4, 0.5) is 32.0 Å². The largest absolute Gasteiger partial charge is 0.573 e. The van der Waals surface area contributed by atoms with E-state index in [0.717, 1.165) is 6.07 Å². The number of hydrogen-bond acceptors (Lipinski definition) is 3. The van der Waals surface area contributed by atoms with Crippen LogP contribution in [0.3, 0.4) is 0 Å². The summed E-state index contributed by atoms with van der Waals surface area (Å²) in [5.74, 6) is -0.526. The molecular weight excluding hydrogens is 280 g/mol. The van der Waals surface area contributed by atoms with Crippen molar-refractivity contribution < 1.29 is 35.8 Å². The van der Waals surface area contributed by atoms with E-state index in [9.17, 15) is 26.3 Å². The van der Waals surface area contributed by atoms with Gasteiger partial charge in [-0.1, -0.05) is 12.1 Å². The second-order valence-electron chi connectivity index (χ2n) is 3.26. The average Bonchev–Trinajstić information content (AvgIpc) is 2.23. The monoisotopic (exact) mass is 289 g/mol. The molecule has 0 amide bonds. The zero-order valence-corrected chi connectivity index (χ0v) is 9.31. The van der Waals surface area contributed by atoms with Gasteiger partial charge in [0.15, 0.2) is 5.75 Å². The standard InChI is InChI=1S/C10H9F6NO2/c11-9(12,13)18-6-5-17-7-3-1-2-4-8(7)19-10(14,15)16/h1-4,17H,5-6H2. The van der Waals surface area contributed by atoms with Gasteiger partial charge in [-0.3, -0.25) is 4.74 Å². The van der Waals surface area contributed by atoms with Gasteiger partial charge in [0.05, 0.1) is 12.3 Å². The molecule has 0 fully saturated rings. The zero-order valence-electron chi connectivity index (χ0n) is 9.31. The Hall–Kier alpha value is -1.64. The number of anilines is 1. The molecule has 9 heteroatoms. The van der Waals surface area contributed by atoms with Crippen LogP contribution in [0.1, 0.15) is 0 Å². The molecule has 0 bridgehead atoms. The fourth-order valence-electron chi connectivity index (χ4n) is 1.18. The molecule has 0 saturated carbocycles. The third kappa shape index (κ3) is 6.75. The summed E-state index contributed by atoms with van der Waals surface area (Å²) >= 11 is 0. The Kier molecular flexibility index (Phi) is 4.87. The quantitative estimate of drug-likeness (QED) is 0.664. The number of ether oxygens (including phenoxy) is 2. The fourth-order valence-corrected chi connectivity index (χ4v) is 1.18. The first kappa shape index (κ1) is 15.4. The van der Waals surface area contributed by atoms with Crippen molar-refractivity contribution in [3.63, 3.8) is 0 Å². The van der Waals surface area contributed by atoms with Crippen LogP contribution in [0.25, 0.3) is 0 Å². The Morgan fingerprint density at radius 1 is 0.947 bits per heavy atom. The van der Waals surface area contributed by atoms with Gasteiger partial charge in [-0.2, -0.15) is 0 Å². The number of alkyl halides is 6. The lowest BCUT2D eigenvalue weighted by Gasteiger charge is -2.14. The highest BCUT2D eigenvalue weighted by molar-refractivity contribution is 5.56. The molecule has 0 saturated heterocycles. The summed E-state index contributed by atoms with van der Waals surface area (Å²) in [6.07, 6.45) is -9.65. The van der Waals surface area contributed by atoms with Crippen molar-refractivity contribution >= 4 is 5.69 Å². The molecule has 0 aliphatic heterocycles. The van der Waals surface area contributed by atoms with Crippen LogP contribution < -0.4 is 10.1 Å². The maximum absolute atomic E-state index is 12.0. The Morgan fingerprint density at radius 2 is 1.58 bits per heavy atom. The normalized spacial score (nSPS) is 12.3. The Bertz CT molecular complexity index is 404. The first-order valence-corrected chi connectivity index (χ1v) is 4.97. The van der Waals surface area contributed by atoms with Gasteiger partial charge in [0.25, 0.3) is 0 Å². The highest BCUT2D eigenvalue weighted by Crippen LogP contribution is 2.29. The van der Waals surface area contributed by atoms with Gasteiger partial charge in [-0.15, -0.1) is 26.3 Å². The van der Waals surface area contributed by atoms with Crippen LogP contribution in [0.15, 0.2) is 24.3 Å². The van der Waals surface area contributed by atoms with Crippen molar-refractivity contribution in [1.82, 2.24) is 0 Å². The third-order valence-corrected chi connectivity index (χ3v) is 1.80. The van der Waals surface area contributed by atoms with Crippen molar-refractivity contribution in [1.29, 1.82) is 0 Å². The molecule has 1 aromatic carbocycles. The van der Waals surface area contributed by atoms with Gasteiger partial charge in [0, 0.05) is 6.54 Å².